The summed E-state index contributed by atoms with van der Waals surface area (Å²) in [4.78, 5) is 33.8. The Labute approximate surface area is 121 Å². The Hall–Kier alpha value is -2.57. The van der Waals surface area contributed by atoms with E-state index in [4.69, 9.17) is 5.11 Å². The van der Waals surface area contributed by atoms with Gasteiger partial charge in [0, 0.05) is 6.42 Å². The topological polar surface area (TPSA) is 113 Å². The number of carbonyl (C=O) groups excluding carboxylic acids is 2. The third kappa shape index (κ3) is 5.94. The fourth-order valence-corrected chi connectivity index (χ4v) is 1.72. The summed E-state index contributed by atoms with van der Waals surface area (Å²) in [5.74, 6) is -2.23. The molecular formula is C14H17NO6. The number of amides is 1. The first kappa shape index (κ1) is 16.5. The van der Waals surface area contributed by atoms with E-state index in [9.17, 15) is 19.5 Å². The molecule has 7 heteroatoms. The monoisotopic (exact) mass is 295 g/mol. The van der Waals surface area contributed by atoms with Crippen LogP contribution in [0.5, 0.6) is 5.75 Å². The Bertz CT molecular complexity index is 528. The van der Waals surface area contributed by atoms with Crippen molar-refractivity contribution in [3.63, 3.8) is 0 Å². The van der Waals surface area contributed by atoms with E-state index >= 15 is 0 Å². The van der Waals surface area contributed by atoms with E-state index in [-0.39, 0.29) is 25.0 Å². The van der Waals surface area contributed by atoms with Gasteiger partial charge < -0.3 is 20.3 Å². The van der Waals surface area contributed by atoms with E-state index in [1.54, 1.807) is 12.1 Å². The minimum atomic E-state index is -1.22. The average Bonchev–Trinajstić information content (AvgIpc) is 2.42. The predicted octanol–water partition coefficient (Wildman–Crippen LogP) is 0.457. The van der Waals surface area contributed by atoms with Gasteiger partial charge >= 0.3 is 11.9 Å². The molecule has 0 saturated heterocycles. The smallest absolute Gasteiger partial charge is 0.326 e. The largest absolute Gasteiger partial charge is 0.508 e. The number of benzene rings is 1. The molecule has 0 aliphatic carbocycles. The molecule has 0 saturated carbocycles. The Kier molecular flexibility index (Phi) is 6.19. The van der Waals surface area contributed by atoms with E-state index < -0.39 is 23.9 Å². The summed E-state index contributed by atoms with van der Waals surface area (Å²) in [6.07, 6.45) is -0.204. The number of methoxy groups -OCH3 is 1. The molecule has 0 heterocycles. The highest BCUT2D eigenvalue weighted by atomic mass is 16.5. The van der Waals surface area contributed by atoms with Crippen LogP contribution in [-0.2, 0) is 25.5 Å². The number of carboxylic acid groups (broad SMARTS) is 1. The molecular weight excluding hydrogens is 278 g/mol. The lowest BCUT2D eigenvalue weighted by Gasteiger charge is -2.14. The molecule has 1 atom stereocenters. The minimum absolute atomic E-state index is 0.0285. The maximum absolute atomic E-state index is 11.8. The van der Waals surface area contributed by atoms with Gasteiger partial charge in [-0.25, -0.2) is 4.79 Å². The predicted molar refractivity (Wildman–Crippen MR) is 72.6 cm³/mol. The second kappa shape index (κ2) is 7.88. The molecule has 1 aromatic carbocycles. The molecule has 0 aliphatic heterocycles. The average molecular weight is 295 g/mol. The molecule has 1 amide bonds. The van der Waals surface area contributed by atoms with Crippen LogP contribution >= 0.6 is 0 Å². The number of phenolic OH excluding ortho intramolecular Hbond substituents is 1. The van der Waals surface area contributed by atoms with Crippen LogP contribution in [0.25, 0.3) is 0 Å². The number of nitrogens with one attached hydrogen (secondary N) is 1. The van der Waals surface area contributed by atoms with Crippen molar-refractivity contribution >= 4 is 17.8 Å². The summed E-state index contributed by atoms with van der Waals surface area (Å²) in [5.41, 5.74) is 0.560. The van der Waals surface area contributed by atoms with Crippen LogP contribution in [0.15, 0.2) is 24.3 Å². The SMILES string of the molecule is COC(=O)CC[C@@H](NC(=O)Cc1cccc(O)c1)C(=O)O. The Morgan fingerprint density at radius 1 is 1.33 bits per heavy atom. The van der Waals surface area contributed by atoms with Gasteiger partial charge in [0.2, 0.25) is 5.91 Å². The lowest BCUT2D eigenvalue weighted by Crippen LogP contribution is -2.41. The lowest BCUT2D eigenvalue weighted by molar-refractivity contribution is -0.144. The quantitative estimate of drug-likeness (QED) is 0.630. The zero-order valence-corrected chi connectivity index (χ0v) is 11.5. The standard InChI is InChI=1S/C14H17NO6/c1-21-13(18)6-5-11(14(19)20)15-12(17)8-9-3-2-4-10(16)7-9/h2-4,7,11,16H,5-6,8H2,1H3,(H,15,17)(H,19,20)/t11-/m1/s1. The lowest BCUT2D eigenvalue weighted by atomic mass is 10.1. The zero-order valence-electron chi connectivity index (χ0n) is 11.5. The van der Waals surface area contributed by atoms with Crippen LogP contribution in [0.1, 0.15) is 18.4 Å². The highest BCUT2D eigenvalue weighted by molar-refractivity contribution is 5.85. The van der Waals surface area contributed by atoms with Crippen LogP contribution in [-0.4, -0.2) is 41.2 Å². The Balaban J connectivity index is 2.56. The van der Waals surface area contributed by atoms with Gasteiger partial charge in [0.15, 0.2) is 0 Å². The molecule has 1 rings (SSSR count). The summed E-state index contributed by atoms with van der Waals surface area (Å²) in [6.45, 7) is 0. The summed E-state index contributed by atoms with van der Waals surface area (Å²) in [5, 5.41) is 20.6. The van der Waals surface area contributed by atoms with Crippen molar-refractivity contribution in [2.45, 2.75) is 25.3 Å². The molecule has 0 spiro atoms. The van der Waals surface area contributed by atoms with Gasteiger partial charge in [-0.05, 0) is 24.1 Å². The molecule has 0 fully saturated rings. The number of esters is 1. The Morgan fingerprint density at radius 3 is 2.62 bits per heavy atom. The first-order chi connectivity index (χ1) is 9.92. The third-order valence-corrected chi connectivity index (χ3v) is 2.77. The summed E-state index contributed by atoms with van der Waals surface area (Å²) >= 11 is 0. The van der Waals surface area contributed by atoms with Crippen LogP contribution in [0, 0.1) is 0 Å². The number of aromatic hydroxyl groups is 1. The van der Waals surface area contributed by atoms with E-state index in [1.165, 1.54) is 19.2 Å². The molecule has 3 N–H and O–H groups in total. The Morgan fingerprint density at radius 2 is 2.05 bits per heavy atom. The molecule has 7 nitrogen and oxygen atoms in total. The number of phenols is 1. The highest BCUT2D eigenvalue weighted by Crippen LogP contribution is 2.11. The van der Waals surface area contributed by atoms with Gasteiger partial charge in [0.1, 0.15) is 11.8 Å². The molecule has 0 unspecified atom stereocenters. The molecule has 0 aliphatic rings. The molecule has 0 radical (unpaired) electrons. The maximum atomic E-state index is 11.8. The van der Waals surface area contributed by atoms with Crippen LogP contribution < -0.4 is 5.32 Å². The number of ether oxygens (including phenoxy) is 1. The second-order valence-electron chi connectivity index (χ2n) is 4.42. The fourth-order valence-electron chi connectivity index (χ4n) is 1.72. The minimum Gasteiger partial charge on any atom is -0.508 e. The number of hydrogen-bond acceptors (Lipinski definition) is 5. The van der Waals surface area contributed by atoms with Crippen LogP contribution in [0.3, 0.4) is 0 Å². The third-order valence-electron chi connectivity index (χ3n) is 2.77. The van der Waals surface area contributed by atoms with Crippen molar-refractivity contribution in [3.8, 4) is 5.75 Å². The van der Waals surface area contributed by atoms with Gasteiger partial charge in [-0.3, -0.25) is 9.59 Å². The van der Waals surface area contributed by atoms with Gasteiger partial charge in [0.05, 0.1) is 13.5 Å². The van der Waals surface area contributed by atoms with Crippen molar-refractivity contribution in [2.75, 3.05) is 7.11 Å². The number of carboxylic acids is 1. The van der Waals surface area contributed by atoms with E-state index in [0.29, 0.717) is 5.56 Å². The zero-order chi connectivity index (χ0) is 15.8. The molecule has 21 heavy (non-hydrogen) atoms. The number of aliphatic carboxylic acids is 1. The van der Waals surface area contributed by atoms with Crippen molar-refractivity contribution in [3.05, 3.63) is 29.8 Å². The van der Waals surface area contributed by atoms with Gasteiger partial charge in [-0.1, -0.05) is 12.1 Å². The second-order valence-corrected chi connectivity index (χ2v) is 4.42. The van der Waals surface area contributed by atoms with E-state index in [2.05, 4.69) is 10.1 Å². The molecule has 114 valence electrons. The normalized spacial score (nSPS) is 11.5. The van der Waals surface area contributed by atoms with Gasteiger partial charge in [-0.2, -0.15) is 0 Å². The maximum Gasteiger partial charge on any atom is 0.326 e. The summed E-state index contributed by atoms with van der Waals surface area (Å²) in [7, 11) is 1.21. The summed E-state index contributed by atoms with van der Waals surface area (Å²) < 4.78 is 4.42. The van der Waals surface area contributed by atoms with E-state index in [0.717, 1.165) is 0 Å². The van der Waals surface area contributed by atoms with Crippen molar-refractivity contribution in [1.82, 2.24) is 5.32 Å². The first-order valence-electron chi connectivity index (χ1n) is 6.29. The van der Waals surface area contributed by atoms with Crippen molar-refractivity contribution < 1.29 is 29.3 Å². The molecule has 0 aromatic heterocycles. The number of hydrogen-bond donors (Lipinski definition) is 3. The highest BCUT2D eigenvalue weighted by Gasteiger charge is 2.21. The van der Waals surface area contributed by atoms with Crippen LogP contribution in [0.2, 0.25) is 0 Å². The fraction of sp³-hybridized carbons (Fsp3) is 0.357. The first-order valence-corrected chi connectivity index (χ1v) is 6.29. The van der Waals surface area contributed by atoms with Crippen molar-refractivity contribution in [2.24, 2.45) is 0 Å². The number of rotatable bonds is 7. The van der Waals surface area contributed by atoms with Crippen molar-refractivity contribution in [1.29, 1.82) is 0 Å². The summed E-state index contributed by atoms with van der Waals surface area (Å²) in [6, 6.07) is 4.96. The molecule has 1 aromatic rings. The van der Waals surface area contributed by atoms with Crippen LogP contribution in [0.4, 0.5) is 0 Å². The van der Waals surface area contributed by atoms with Gasteiger partial charge in [0.25, 0.3) is 0 Å². The van der Waals surface area contributed by atoms with Gasteiger partial charge in [-0.15, -0.1) is 0 Å². The number of carbonyl (C=O) groups is 3. The molecule has 0 bridgehead atoms. The van der Waals surface area contributed by atoms with E-state index in [1.807, 2.05) is 0 Å².